The Balaban J connectivity index is 2.19. The molecule has 7 nitrogen and oxygen atoms in total. The smallest absolute Gasteiger partial charge is 0.408 e. The van der Waals surface area contributed by atoms with Gasteiger partial charge >= 0.3 is 5.76 Å². The Morgan fingerprint density at radius 3 is 2.62 bits per heavy atom. The van der Waals surface area contributed by atoms with Crippen LogP contribution in [0.1, 0.15) is 20.8 Å². The third-order valence-electron chi connectivity index (χ3n) is 2.99. The molecule has 1 unspecified atom stereocenters. The molecule has 0 saturated carbocycles. The number of fused-ring (bicyclic) bond motifs is 1. The maximum Gasteiger partial charge on any atom is 0.417 e. The van der Waals surface area contributed by atoms with Gasteiger partial charge in [0.05, 0.1) is 5.52 Å². The first-order valence-corrected chi connectivity index (χ1v) is 6.57. The van der Waals surface area contributed by atoms with Crippen LogP contribution in [-0.4, -0.2) is 22.8 Å². The van der Waals surface area contributed by atoms with Crippen LogP contribution in [-0.2, 0) is 9.59 Å². The van der Waals surface area contributed by atoms with E-state index in [1.165, 1.54) is 6.92 Å². The number of aromatic nitrogens is 1. The highest BCUT2D eigenvalue weighted by Gasteiger charge is 2.23. The Morgan fingerprint density at radius 1 is 1.29 bits per heavy atom. The second-order valence-electron chi connectivity index (χ2n) is 5.14. The number of rotatable bonds is 4. The first-order valence-electron chi connectivity index (χ1n) is 6.57. The molecule has 0 aliphatic rings. The van der Waals surface area contributed by atoms with Gasteiger partial charge in [0.2, 0.25) is 11.8 Å². The average molecular weight is 291 g/mol. The average Bonchev–Trinajstić information content (AvgIpc) is 2.74. The number of benzene rings is 1. The van der Waals surface area contributed by atoms with Crippen LogP contribution in [0.25, 0.3) is 11.1 Å². The van der Waals surface area contributed by atoms with Gasteiger partial charge in [-0.2, -0.15) is 0 Å². The first kappa shape index (κ1) is 14.8. The van der Waals surface area contributed by atoms with E-state index in [-0.39, 0.29) is 17.7 Å². The zero-order valence-electron chi connectivity index (χ0n) is 12.0. The fourth-order valence-corrected chi connectivity index (χ4v) is 2.00. The van der Waals surface area contributed by atoms with E-state index in [9.17, 15) is 14.4 Å². The lowest BCUT2D eigenvalue weighted by atomic mass is 10.0. The molecule has 112 valence electrons. The minimum absolute atomic E-state index is 0.0497. The maximum absolute atomic E-state index is 12.2. The summed E-state index contributed by atoms with van der Waals surface area (Å²) in [5.74, 6) is -1.18. The molecule has 0 radical (unpaired) electrons. The lowest BCUT2D eigenvalue weighted by molar-refractivity contribution is -0.126. The summed E-state index contributed by atoms with van der Waals surface area (Å²) >= 11 is 0. The van der Waals surface area contributed by atoms with E-state index in [4.69, 9.17) is 4.42 Å². The largest absolute Gasteiger partial charge is 0.417 e. The van der Waals surface area contributed by atoms with Gasteiger partial charge in [-0.1, -0.05) is 13.8 Å². The van der Waals surface area contributed by atoms with Gasteiger partial charge in [0, 0.05) is 12.6 Å². The third kappa shape index (κ3) is 3.50. The number of amides is 2. The third-order valence-corrected chi connectivity index (χ3v) is 2.99. The van der Waals surface area contributed by atoms with Gasteiger partial charge in [0.1, 0.15) is 6.04 Å². The quantitative estimate of drug-likeness (QED) is 0.787. The van der Waals surface area contributed by atoms with Crippen LogP contribution >= 0.6 is 0 Å². The molecule has 2 aromatic rings. The number of carbonyl (C=O) groups is 2. The van der Waals surface area contributed by atoms with Gasteiger partial charge in [-0.05, 0) is 24.1 Å². The molecule has 1 heterocycles. The fraction of sp³-hybridized carbons (Fsp3) is 0.357. The van der Waals surface area contributed by atoms with Crippen LogP contribution in [0.2, 0.25) is 0 Å². The van der Waals surface area contributed by atoms with Crippen molar-refractivity contribution in [1.82, 2.24) is 10.3 Å². The SMILES string of the molecule is CC(=O)NC(C(=O)Nc1ccc2oc(=O)[nH]c2c1)C(C)C. The standard InChI is InChI=1S/C14H17N3O4/c1-7(2)12(15-8(3)18)13(19)16-9-4-5-11-10(6-9)17-14(20)21-11/h4-7,12H,1-3H3,(H,15,18)(H,16,19)(H,17,20). The first-order chi connectivity index (χ1) is 9.86. The van der Waals surface area contributed by atoms with E-state index in [2.05, 4.69) is 15.6 Å². The summed E-state index contributed by atoms with van der Waals surface area (Å²) < 4.78 is 4.89. The van der Waals surface area contributed by atoms with Crippen LogP contribution < -0.4 is 16.4 Å². The highest BCUT2D eigenvalue weighted by atomic mass is 16.4. The number of anilines is 1. The normalized spacial score (nSPS) is 12.4. The molecule has 0 aliphatic heterocycles. The second-order valence-corrected chi connectivity index (χ2v) is 5.14. The van der Waals surface area contributed by atoms with Crippen LogP contribution in [0.3, 0.4) is 0 Å². The number of carbonyl (C=O) groups excluding carboxylic acids is 2. The molecule has 1 aromatic heterocycles. The van der Waals surface area contributed by atoms with Crippen molar-refractivity contribution in [2.75, 3.05) is 5.32 Å². The van der Waals surface area contributed by atoms with Crippen molar-refractivity contribution < 1.29 is 14.0 Å². The Bertz CT molecular complexity index is 729. The molecular formula is C14H17N3O4. The second kappa shape index (κ2) is 5.82. The number of aromatic amines is 1. The number of oxazole rings is 1. The van der Waals surface area contributed by atoms with Crippen molar-refractivity contribution in [3.63, 3.8) is 0 Å². The molecule has 7 heteroatoms. The molecule has 0 aliphatic carbocycles. The lowest BCUT2D eigenvalue weighted by Crippen LogP contribution is -2.46. The van der Waals surface area contributed by atoms with Crippen molar-refractivity contribution in [2.45, 2.75) is 26.8 Å². The van der Waals surface area contributed by atoms with E-state index < -0.39 is 11.8 Å². The zero-order valence-corrected chi connectivity index (χ0v) is 12.0. The summed E-state index contributed by atoms with van der Waals surface area (Å²) in [6.07, 6.45) is 0. The highest BCUT2D eigenvalue weighted by molar-refractivity contribution is 5.98. The van der Waals surface area contributed by atoms with Gasteiger partial charge in [0.25, 0.3) is 0 Å². The molecule has 0 fully saturated rings. The van der Waals surface area contributed by atoms with Gasteiger partial charge in [-0.15, -0.1) is 0 Å². The van der Waals surface area contributed by atoms with Crippen molar-refractivity contribution in [3.05, 3.63) is 28.7 Å². The summed E-state index contributed by atoms with van der Waals surface area (Å²) in [6.45, 7) is 5.05. The topological polar surface area (TPSA) is 104 Å². The molecule has 0 spiro atoms. The van der Waals surface area contributed by atoms with Crippen molar-refractivity contribution in [2.24, 2.45) is 5.92 Å². The van der Waals surface area contributed by atoms with Crippen molar-refractivity contribution in [3.8, 4) is 0 Å². The van der Waals surface area contributed by atoms with Gasteiger partial charge in [-0.3, -0.25) is 14.6 Å². The van der Waals surface area contributed by atoms with Crippen LogP contribution in [0, 0.1) is 5.92 Å². The molecule has 0 bridgehead atoms. The van der Waals surface area contributed by atoms with E-state index in [0.717, 1.165) is 0 Å². The molecule has 2 amide bonds. The number of nitrogens with one attached hydrogen (secondary N) is 3. The maximum atomic E-state index is 12.2. The number of H-pyrrole nitrogens is 1. The fourth-order valence-electron chi connectivity index (χ4n) is 2.00. The molecule has 3 N–H and O–H groups in total. The monoisotopic (exact) mass is 291 g/mol. The Morgan fingerprint density at radius 2 is 2.00 bits per heavy atom. The molecule has 1 atom stereocenters. The Labute approximate surface area is 120 Å². The Hall–Kier alpha value is -2.57. The van der Waals surface area contributed by atoms with Crippen molar-refractivity contribution >= 4 is 28.6 Å². The van der Waals surface area contributed by atoms with E-state index in [1.807, 2.05) is 13.8 Å². The highest BCUT2D eigenvalue weighted by Crippen LogP contribution is 2.17. The van der Waals surface area contributed by atoms with E-state index in [0.29, 0.717) is 16.8 Å². The lowest BCUT2D eigenvalue weighted by Gasteiger charge is -2.20. The van der Waals surface area contributed by atoms with Gasteiger partial charge in [0.15, 0.2) is 5.58 Å². The summed E-state index contributed by atoms with van der Waals surface area (Å²) in [4.78, 5) is 37.0. The van der Waals surface area contributed by atoms with Gasteiger partial charge < -0.3 is 15.1 Å². The van der Waals surface area contributed by atoms with Crippen LogP contribution in [0.15, 0.2) is 27.4 Å². The number of hydrogen-bond donors (Lipinski definition) is 3. The predicted molar refractivity (Wildman–Crippen MR) is 77.9 cm³/mol. The summed E-state index contributed by atoms with van der Waals surface area (Å²) in [5, 5.41) is 5.33. The molecular weight excluding hydrogens is 274 g/mol. The summed E-state index contributed by atoms with van der Waals surface area (Å²) in [5.41, 5.74) is 1.43. The predicted octanol–water partition coefficient (Wildman–Crippen LogP) is 1.22. The minimum Gasteiger partial charge on any atom is -0.408 e. The van der Waals surface area contributed by atoms with E-state index in [1.54, 1.807) is 18.2 Å². The molecule has 0 saturated heterocycles. The molecule has 1 aromatic carbocycles. The zero-order chi connectivity index (χ0) is 15.6. The molecule has 21 heavy (non-hydrogen) atoms. The minimum atomic E-state index is -0.624. The summed E-state index contributed by atoms with van der Waals surface area (Å²) in [6, 6.07) is 4.19. The van der Waals surface area contributed by atoms with Crippen LogP contribution in [0.4, 0.5) is 5.69 Å². The van der Waals surface area contributed by atoms with Crippen molar-refractivity contribution in [1.29, 1.82) is 0 Å². The Kier molecular flexibility index (Phi) is 4.11. The van der Waals surface area contributed by atoms with Gasteiger partial charge in [-0.25, -0.2) is 4.79 Å². The van der Waals surface area contributed by atoms with E-state index >= 15 is 0 Å². The number of hydrogen-bond acceptors (Lipinski definition) is 4. The van der Waals surface area contributed by atoms with Crippen LogP contribution in [0.5, 0.6) is 0 Å². The molecule has 2 rings (SSSR count). The summed E-state index contributed by atoms with van der Waals surface area (Å²) in [7, 11) is 0.